The minimum Gasteiger partial charge on any atom is -0.336 e. The maximum Gasteiger partial charge on any atom is 0.216 e. The van der Waals surface area contributed by atoms with Gasteiger partial charge in [-0.3, -0.25) is 0 Å². The Labute approximate surface area is 165 Å². The van der Waals surface area contributed by atoms with Crippen molar-refractivity contribution in [2.45, 2.75) is 23.7 Å². The summed E-state index contributed by atoms with van der Waals surface area (Å²) in [5.74, 6) is 7.49. The Morgan fingerprint density at radius 2 is 1.93 bits per heavy atom. The van der Waals surface area contributed by atoms with E-state index >= 15 is 0 Å². The molecule has 9 heteroatoms. The number of rotatable bonds is 5. The second kappa shape index (κ2) is 7.26. The van der Waals surface area contributed by atoms with Crippen molar-refractivity contribution in [2.75, 3.05) is 19.9 Å². The third kappa shape index (κ3) is 3.53. The summed E-state index contributed by atoms with van der Waals surface area (Å²) in [6.07, 6.45) is 0. The Morgan fingerprint density at radius 3 is 2.59 bits per heavy atom. The summed E-state index contributed by atoms with van der Waals surface area (Å²) < 4.78 is 1.48. The molecule has 0 aliphatic rings. The van der Waals surface area contributed by atoms with Gasteiger partial charge in [0.05, 0.1) is 11.9 Å². The summed E-state index contributed by atoms with van der Waals surface area (Å²) in [5.41, 5.74) is 2.26. The van der Waals surface area contributed by atoms with Gasteiger partial charge in [0.1, 0.15) is 21.5 Å². The average Bonchev–Trinajstić information content (AvgIpc) is 3.21. The van der Waals surface area contributed by atoms with Crippen LogP contribution in [0.15, 0.2) is 45.9 Å². The second-order valence-corrected chi connectivity index (χ2v) is 8.19. The summed E-state index contributed by atoms with van der Waals surface area (Å²) in [7, 11) is 4.01. The molecule has 0 amide bonds. The normalized spacial score (nSPS) is 11.6. The Hall–Kier alpha value is -2.49. The van der Waals surface area contributed by atoms with Crippen LogP contribution in [0.25, 0.3) is 21.3 Å². The minimum atomic E-state index is 0.605. The quantitative estimate of drug-likeness (QED) is 0.409. The smallest absolute Gasteiger partial charge is 0.216 e. The van der Waals surface area contributed by atoms with Gasteiger partial charge in [-0.2, -0.15) is 0 Å². The molecule has 27 heavy (non-hydrogen) atoms. The topological polar surface area (TPSA) is 85.8 Å². The first-order chi connectivity index (χ1) is 13.0. The highest BCUT2D eigenvalue weighted by Crippen LogP contribution is 2.40. The standard InChI is InChI=1S/C18H19N7S2/c1-11-22-23-18(25(11)19)27-17-15-13(12-7-5-4-6-8-12)10-26-16(15)20-14(21-17)9-24(2)3/h4-8,10H,9,19H2,1-3H3. The second-order valence-electron chi connectivity index (χ2n) is 6.38. The average molecular weight is 398 g/mol. The van der Waals surface area contributed by atoms with Gasteiger partial charge in [0.15, 0.2) is 0 Å². The van der Waals surface area contributed by atoms with Crippen LogP contribution >= 0.6 is 23.1 Å². The van der Waals surface area contributed by atoms with Crippen LogP contribution in [0.5, 0.6) is 0 Å². The van der Waals surface area contributed by atoms with E-state index in [0.29, 0.717) is 17.5 Å². The fraction of sp³-hybridized carbons (Fsp3) is 0.222. The maximum absolute atomic E-state index is 6.06. The van der Waals surface area contributed by atoms with Crippen LogP contribution < -0.4 is 5.84 Å². The van der Waals surface area contributed by atoms with Crippen LogP contribution in [0.3, 0.4) is 0 Å². The van der Waals surface area contributed by atoms with E-state index in [1.165, 1.54) is 16.4 Å². The fourth-order valence-corrected chi connectivity index (χ4v) is 4.69. The molecule has 1 aromatic carbocycles. The Balaban J connectivity index is 1.89. The molecule has 2 N–H and O–H groups in total. The van der Waals surface area contributed by atoms with Crippen LogP contribution in [-0.2, 0) is 6.54 Å². The van der Waals surface area contributed by atoms with Crippen LogP contribution in [0.4, 0.5) is 0 Å². The summed E-state index contributed by atoms with van der Waals surface area (Å²) in [6.45, 7) is 2.49. The molecule has 0 unspecified atom stereocenters. The molecule has 0 fully saturated rings. The fourth-order valence-electron chi connectivity index (χ4n) is 2.72. The molecule has 4 rings (SSSR count). The number of aromatic nitrogens is 5. The van der Waals surface area contributed by atoms with Gasteiger partial charge in [-0.15, -0.1) is 21.5 Å². The summed E-state index contributed by atoms with van der Waals surface area (Å²) >= 11 is 3.05. The monoisotopic (exact) mass is 397 g/mol. The first-order valence-corrected chi connectivity index (χ1v) is 10.1. The molecule has 7 nitrogen and oxygen atoms in total. The third-order valence-electron chi connectivity index (χ3n) is 4.01. The van der Waals surface area contributed by atoms with Crippen LogP contribution in [0.2, 0.25) is 0 Å². The molecule has 0 atom stereocenters. The Morgan fingerprint density at radius 1 is 1.15 bits per heavy atom. The van der Waals surface area contributed by atoms with Gasteiger partial charge >= 0.3 is 0 Å². The molecule has 0 radical (unpaired) electrons. The van der Waals surface area contributed by atoms with Gasteiger partial charge in [0.2, 0.25) is 5.16 Å². The first kappa shape index (κ1) is 17.9. The molecule has 0 spiro atoms. The van der Waals surface area contributed by atoms with Gasteiger partial charge < -0.3 is 10.7 Å². The lowest BCUT2D eigenvalue weighted by Gasteiger charge is -2.11. The Kier molecular flexibility index (Phi) is 4.81. The zero-order valence-electron chi connectivity index (χ0n) is 15.2. The lowest BCUT2D eigenvalue weighted by atomic mass is 10.1. The number of thiophene rings is 1. The van der Waals surface area contributed by atoms with Crippen molar-refractivity contribution in [3.8, 4) is 11.1 Å². The molecule has 4 aromatic rings. The Bertz CT molecular complexity index is 1090. The summed E-state index contributed by atoms with van der Waals surface area (Å²) in [5, 5.41) is 12.8. The van der Waals surface area contributed by atoms with Gasteiger partial charge in [-0.05, 0) is 38.3 Å². The lowest BCUT2D eigenvalue weighted by molar-refractivity contribution is 0.390. The third-order valence-corrected chi connectivity index (χ3v) is 5.83. The van der Waals surface area contributed by atoms with Crippen molar-refractivity contribution < 1.29 is 0 Å². The van der Waals surface area contributed by atoms with E-state index in [1.54, 1.807) is 11.3 Å². The SMILES string of the molecule is Cc1nnc(Sc2nc(CN(C)C)nc3scc(-c4ccccc4)c23)n1N. The lowest BCUT2D eigenvalue weighted by Crippen LogP contribution is -2.14. The van der Waals surface area contributed by atoms with E-state index in [-0.39, 0.29) is 0 Å². The zero-order valence-corrected chi connectivity index (χ0v) is 16.9. The number of nitrogen functional groups attached to an aromatic ring is 1. The number of nitrogens with two attached hydrogens (primary N) is 1. The van der Waals surface area contributed by atoms with E-state index in [0.717, 1.165) is 32.2 Å². The van der Waals surface area contributed by atoms with Gasteiger partial charge in [-0.1, -0.05) is 30.3 Å². The first-order valence-electron chi connectivity index (χ1n) is 8.36. The van der Waals surface area contributed by atoms with Crippen LogP contribution in [0, 0.1) is 6.92 Å². The highest BCUT2D eigenvalue weighted by atomic mass is 32.2. The minimum absolute atomic E-state index is 0.605. The van der Waals surface area contributed by atoms with E-state index in [2.05, 4.69) is 32.6 Å². The molecular weight excluding hydrogens is 378 g/mol. The van der Waals surface area contributed by atoms with Crippen LogP contribution in [0.1, 0.15) is 11.6 Å². The molecule has 3 heterocycles. The number of benzene rings is 1. The molecule has 138 valence electrons. The molecule has 0 aliphatic carbocycles. The van der Waals surface area contributed by atoms with Crippen molar-refractivity contribution >= 4 is 33.3 Å². The number of nitrogens with zero attached hydrogens (tertiary/aromatic N) is 6. The predicted molar refractivity (Wildman–Crippen MR) is 109 cm³/mol. The molecule has 0 aliphatic heterocycles. The van der Waals surface area contributed by atoms with Crippen molar-refractivity contribution in [2.24, 2.45) is 0 Å². The summed E-state index contributed by atoms with van der Waals surface area (Å²) in [4.78, 5) is 12.6. The van der Waals surface area contributed by atoms with Crippen molar-refractivity contribution in [3.63, 3.8) is 0 Å². The van der Waals surface area contributed by atoms with E-state index in [9.17, 15) is 0 Å². The number of hydrogen-bond donors (Lipinski definition) is 1. The number of fused-ring (bicyclic) bond motifs is 1. The van der Waals surface area contributed by atoms with Crippen molar-refractivity contribution in [3.05, 3.63) is 47.4 Å². The molecular formula is C18H19N7S2. The predicted octanol–water partition coefficient (Wildman–Crippen LogP) is 3.18. The van der Waals surface area contributed by atoms with E-state index in [4.69, 9.17) is 15.8 Å². The highest BCUT2D eigenvalue weighted by Gasteiger charge is 2.19. The number of aryl methyl sites for hydroxylation is 1. The maximum atomic E-state index is 6.06. The largest absolute Gasteiger partial charge is 0.336 e. The molecule has 0 saturated carbocycles. The summed E-state index contributed by atoms with van der Waals surface area (Å²) in [6, 6.07) is 10.3. The van der Waals surface area contributed by atoms with Crippen molar-refractivity contribution in [1.82, 2.24) is 29.7 Å². The van der Waals surface area contributed by atoms with Crippen molar-refractivity contribution in [1.29, 1.82) is 0 Å². The number of hydrogen-bond acceptors (Lipinski definition) is 8. The molecule has 0 bridgehead atoms. The van der Waals surface area contributed by atoms with E-state index in [1.807, 2.05) is 39.2 Å². The van der Waals surface area contributed by atoms with Crippen LogP contribution in [-0.4, -0.2) is 43.8 Å². The molecule has 0 saturated heterocycles. The van der Waals surface area contributed by atoms with Gasteiger partial charge in [0, 0.05) is 10.9 Å². The van der Waals surface area contributed by atoms with E-state index < -0.39 is 0 Å². The van der Waals surface area contributed by atoms with Gasteiger partial charge in [0.25, 0.3) is 0 Å². The zero-order chi connectivity index (χ0) is 19.0. The molecule has 3 aromatic heterocycles. The van der Waals surface area contributed by atoms with Gasteiger partial charge in [-0.25, -0.2) is 14.6 Å². The highest BCUT2D eigenvalue weighted by molar-refractivity contribution is 7.99.